The molecular formula is C8H11N2O. The predicted octanol–water partition coefficient (Wildman–Crippen LogP) is 1.26. The van der Waals surface area contributed by atoms with Crippen LogP contribution in [0.2, 0.25) is 0 Å². The number of aromatic amines is 1. The largest absolute Gasteiger partial charge is 0.290 e. The summed E-state index contributed by atoms with van der Waals surface area (Å²) in [5, 5.41) is 6.59. The van der Waals surface area contributed by atoms with E-state index in [-0.39, 0.29) is 11.8 Å². The Morgan fingerprint density at radius 2 is 2.36 bits per heavy atom. The molecule has 1 rings (SSSR count). The van der Waals surface area contributed by atoms with E-state index >= 15 is 0 Å². The predicted molar refractivity (Wildman–Crippen MR) is 41.9 cm³/mol. The van der Waals surface area contributed by atoms with Crippen molar-refractivity contribution in [3.8, 4) is 0 Å². The molecule has 1 heterocycles. The summed E-state index contributed by atoms with van der Waals surface area (Å²) in [7, 11) is 0. The van der Waals surface area contributed by atoms with Gasteiger partial charge in [-0.15, -0.1) is 0 Å². The SMILES string of the molecule is CC(C)C([C]=O)c1cc[nH]n1. The Hall–Kier alpha value is -1.12. The van der Waals surface area contributed by atoms with Crippen molar-refractivity contribution in [1.29, 1.82) is 0 Å². The van der Waals surface area contributed by atoms with E-state index in [0.29, 0.717) is 0 Å². The van der Waals surface area contributed by atoms with Crippen molar-refractivity contribution in [3.63, 3.8) is 0 Å². The average Bonchev–Trinajstić information content (AvgIpc) is 2.40. The molecule has 1 radical (unpaired) electrons. The summed E-state index contributed by atoms with van der Waals surface area (Å²) in [6, 6.07) is 1.80. The molecule has 1 aromatic rings. The third-order valence-corrected chi connectivity index (χ3v) is 1.63. The van der Waals surface area contributed by atoms with Crippen molar-refractivity contribution in [3.05, 3.63) is 18.0 Å². The lowest BCUT2D eigenvalue weighted by Gasteiger charge is -2.08. The second-order valence-electron chi connectivity index (χ2n) is 2.84. The minimum Gasteiger partial charge on any atom is -0.290 e. The van der Waals surface area contributed by atoms with Gasteiger partial charge >= 0.3 is 0 Å². The molecule has 0 aliphatic heterocycles. The molecule has 59 valence electrons. The average molecular weight is 151 g/mol. The highest BCUT2D eigenvalue weighted by atomic mass is 16.1. The summed E-state index contributed by atoms with van der Waals surface area (Å²) < 4.78 is 0. The monoisotopic (exact) mass is 151 g/mol. The molecular weight excluding hydrogens is 140 g/mol. The number of hydrogen-bond donors (Lipinski definition) is 1. The Balaban J connectivity index is 2.79. The minimum atomic E-state index is -0.193. The van der Waals surface area contributed by atoms with E-state index < -0.39 is 0 Å². The van der Waals surface area contributed by atoms with Crippen LogP contribution in [0.15, 0.2) is 12.3 Å². The van der Waals surface area contributed by atoms with Gasteiger partial charge in [0, 0.05) is 6.20 Å². The summed E-state index contributed by atoms with van der Waals surface area (Å²) >= 11 is 0. The van der Waals surface area contributed by atoms with Crippen molar-refractivity contribution >= 4 is 6.29 Å². The van der Waals surface area contributed by atoms with Crippen LogP contribution in [0.3, 0.4) is 0 Å². The molecule has 0 saturated carbocycles. The van der Waals surface area contributed by atoms with E-state index in [1.807, 2.05) is 20.1 Å². The van der Waals surface area contributed by atoms with Gasteiger partial charge in [-0.25, -0.2) is 0 Å². The van der Waals surface area contributed by atoms with E-state index in [2.05, 4.69) is 10.2 Å². The van der Waals surface area contributed by atoms with Crippen molar-refractivity contribution < 1.29 is 4.79 Å². The van der Waals surface area contributed by atoms with E-state index in [1.54, 1.807) is 12.3 Å². The van der Waals surface area contributed by atoms with Crippen LogP contribution in [0.4, 0.5) is 0 Å². The fourth-order valence-corrected chi connectivity index (χ4v) is 0.983. The topological polar surface area (TPSA) is 45.8 Å². The van der Waals surface area contributed by atoms with Crippen LogP contribution in [0.25, 0.3) is 0 Å². The number of hydrogen-bond acceptors (Lipinski definition) is 2. The smallest absolute Gasteiger partial charge is 0.208 e. The Bertz CT molecular complexity index is 216. The summed E-state index contributed by atoms with van der Waals surface area (Å²) in [5.74, 6) is 0.0667. The molecule has 0 saturated heterocycles. The van der Waals surface area contributed by atoms with Gasteiger partial charge in [-0.05, 0) is 12.0 Å². The minimum absolute atomic E-state index is 0.193. The normalized spacial score (nSPS) is 13.4. The molecule has 11 heavy (non-hydrogen) atoms. The molecule has 1 N–H and O–H groups in total. The van der Waals surface area contributed by atoms with Crippen molar-refractivity contribution in [1.82, 2.24) is 10.2 Å². The maximum Gasteiger partial charge on any atom is 0.208 e. The number of rotatable bonds is 3. The molecule has 3 nitrogen and oxygen atoms in total. The highest BCUT2D eigenvalue weighted by Gasteiger charge is 2.17. The highest BCUT2D eigenvalue weighted by Crippen LogP contribution is 2.18. The maximum absolute atomic E-state index is 10.5. The summed E-state index contributed by atoms with van der Waals surface area (Å²) in [4.78, 5) is 10.5. The second kappa shape index (κ2) is 3.32. The Labute approximate surface area is 65.8 Å². The first kappa shape index (κ1) is 7.98. The Kier molecular flexibility index (Phi) is 2.41. The lowest BCUT2D eigenvalue weighted by atomic mass is 9.94. The van der Waals surface area contributed by atoms with Gasteiger partial charge < -0.3 is 0 Å². The lowest BCUT2D eigenvalue weighted by molar-refractivity contribution is 0.504. The zero-order chi connectivity index (χ0) is 8.27. The molecule has 0 aliphatic rings. The fraction of sp³-hybridized carbons (Fsp3) is 0.500. The number of carbonyl (C=O) groups excluding carboxylic acids is 1. The van der Waals surface area contributed by atoms with Crippen LogP contribution < -0.4 is 0 Å². The summed E-state index contributed by atoms with van der Waals surface area (Å²) in [6.07, 6.45) is 3.68. The summed E-state index contributed by atoms with van der Waals surface area (Å²) in [6.45, 7) is 3.95. The first-order valence-corrected chi connectivity index (χ1v) is 3.63. The Morgan fingerprint density at radius 3 is 2.73 bits per heavy atom. The maximum atomic E-state index is 10.5. The molecule has 0 fully saturated rings. The van der Waals surface area contributed by atoms with Gasteiger partial charge in [0.15, 0.2) is 0 Å². The van der Waals surface area contributed by atoms with Crippen molar-refractivity contribution in [2.75, 3.05) is 0 Å². The molecule has 1 aromatic heterocycles. The van der Waals surface area contributed by atoms with Gasteiger partial charge in [-0.2, -0.15) is 5.10 Å². The quantitative estimate of drug-likeness (QED) is 0.706. The van der Waals surface area contributed by atoms with Crippen LogP contribution in [0.5, 0.6) is 0 Å². The number of nitrogens with zero attached hydrogens (tertiary/aromatic N) is 1. The van der Waals surface area contributed by atoms with E-state index in [9.17, 15) is 4.79 Å². The Morgan fingerprint density at radius 1 is 1.64 bits per heavy atom. The third-order valence-electron chi connectivity index (χ3n) is 1.63. The van der Waals surface area contributed by atoms with Gasteiger partial charge in [0.1, 0.15) is 0 Å². The lowest BCUT2D eigenvalue weighted by Crippen LogP contribution is -2.08. The second-order valence-corrected chi connectivity index (χ2v) is 2.84. The molecule has 1 atom stereocenters. The molecule has 0 aromatic carbocycles. The molecule has 0 aliphatic carbocycles. The first-order chi connectivity index (χ1) is 5.25. The number of aromatic nitrogens is 2. The van der Waals surface area contributed by atoms with Crippen molar-refractivity contribution in [2.45, 2.75) is 19.8 Å². The van der Waals surface area contributed by atoms with E-state index in [1.165, 1.54) is 0 Å². The van der Waals surface area contributed by atoms with Crippen LogP contribution in [-0.4, -0.2) is 16.5 Å². The van der Waals surface area contributed by atoms with Crippen LogP contribution in [0, 0.1) is 5.92 Å². The standard InChI is InChI=1S/C8H11N2O/c1-6(2)7(5-11)8-3-4-9-10-8/h3-4,6-7H,1-2H3,(H,9,10). The molecule has 0 amide bonds. The number of H-pyrrole nitrogens is 1. The van der Waals surface area contributed by atoms with Gasteiger partial charge in [-0.3, -0.25) is 9.89 Å². The van der Waals surface area contributed by atoms with Crippen molar-refractivity contribution in [2.24, 2.45) is 5.92 Å². The molecule has 0 spiro atoms. The van der Waals surface area contributed by atoms with Crippen LogP contribution in [-0.2, 0) is 4.79 Å². The number of nitrogens with one attached hydrogen (secondary N) is 1. The van der Waals surface area contributed by atoms with Gasteiger partial charge in [-0.1, -0.05) is 13.8 Å². The van der Waals surface area contributed by atoms with Gasteiger partial charge in [0.05, 0.1) is 11.6 Å². The molecule has 1 unspecified atom stereocenters. The zero-order valence-electron chi connectivity index (χ0n) is 6.66. The molecule has 0 bridgehead atoms. The van der Waals surface area contributed by atoms with Gasteiger partial charge in [0.2, 0.25) is 6.29 Å². The third kappa shape index (κ3) is 1.67. The van der Waals surface area contributed by atoms with E-state index in [0.717, 1.165) is 5.69 Å². The van der Waals surface area contributed by atoms with Crippen LogP contribution >= 0.6 is 0 Å². The van der Waals surface area contributed by atoms with Crippen LogP contribution in [0.1, 0.15) is 25.5 Å². The first-order valence-electron chi connectivity index (χ1n) is 3.63. The zero-order valence-corrected chi connectivity index (χ0v) is 6.66. The fourth-order valence-electron chi connectivity index (χ4n) is 0.983. The highest BCUT2D eigenvalue weighted by molar-refractivity contribution is 5.61. The van der Waals surface area contributed by atoms with Gasteiger partial charge in [0.25, 0.3) is 0 Å². The molecule has 3 heteroatoms. The summed E-state index contributed by atoms with van der Waals surface area (Å²) in [5.41, 5.74) is 0.773. The van der Waals surface area contributed by atoms with E-state index in [4.69, 9.17) is 0 Å².